The first kappa shape index (κ1) is 52.0. The van der Waals surface area contributed by atoms with Crippen molar-refractivity contribution in [2.45, 2.75) is 32.8 Å². The van der Waals surface area contributed by atoms with Crippen LogP contribution in [0.5, 0.6) is 5.75 Å². The highest BCUT2D eigenvalue weighted by molar-refractivity contribution is 5.87. The van der Waals surface area contributed by atoms with Gasteiger partial charge in [-0.05, 0) is 77.4 Å². The zero-order chi connectivity index (χ0) is 46.1. The number of rotatable bonds is 35. The monoisotopic (exact) mass is 904 g/mol. The van der Waals surface area contributed by atoms with Crippen LogP contribution in [-0.4, -0.2) is 158 Å². The van der Waals surface area contributed by atoms with Crippen LogP contribution in [0.1, 0.15) is 44.5 Å². The number of nitrogens with zero attached hydrogens (tertiary/aromatic N) is 1. The fraction of sp³-hybridized carbons (Fsp3) is 0.538. The summed E-state index contributed by atoms with van der Waals surface area (Å²) < 4.78 is 62.4. The fourth-order valence-electron chi connectivity index (χ4n) is 7.87. The lowest BCUT2D eigenvalue weighted by molar-refractivity contribution is -0.0145. The molecular formula is C52H73NO12. The Morgan fingerprint density at radius 2 is 0.892 bits per heavy atom. The van der Waals surface area contributed by atoms with Gasteiger partial charge in [-0.25, -0.2) is 0 Å². The highest BCUT2D eigenvalue weighted by Crippen LogP contribution is 2.57. The van der Waals surface area contributed by atoms with Gasteiger partial charge in [0, 0.05) is 21.2 Å². The smallest absolute Gasteiger partial charge is 0.143 e. The normalized spacial score (nSPS) is 12.7. The van der Waals surface area contributed by atoms with Crippen LogP contribution in [0.3, 0.4) is 0 Å². The molecule has 1 aliphatic rings. The molecule has 0 heterocycles. The summed E-state index contributed by atoms with van der Waals surface area (Å²) in [5.41, 5.74) is 12.3. The topological polar surface area (TPSA) is 125 Å². The molecule has 5 rings (SSSR count). The summed E-state index contributed by atoms with van der Waals surface area (Å²) in [5, 5.41) is 8.76. The Hall–Kier alpha value is -3.96. The molecule has 0 aromatic heterocycles. The van der Waals surface area contributed by atoms with Crippen molar-refractivity contribution < 1.29 is 57.2 Å². The van der Waals surface area contributed by atoms with Crippen LogP contribution < -0.4 is 9.64 Å². The summed E-state index contributed by atoms with van der Waals surface area (Å²) >= 11 is 0. The van der Waals surface area contributed by atoms with Gasteiger partial charge in [-0.2, -0.15) is 0 Å². The number of hydrogen-bond acceptors (Lipinski definition) is 13. The average Bonchev–Trinajstić information content (AvgIpc) is 3.58. The van der Waals surface area contributed by atoms with Crippen molar-refractivity contribution in [1.82, 2.24) is 0 Å². The fourth-order valence-corrected chi connectivity index (χ4v) is 7.87. The number of aliphatic hydroxyl groups is 1. The molecule has 0 bridgehead atoms. The van der Waals surface area contributed by atoms with Crippen molar-refractivity contribution in [2.75, 3.05) is 158 Å². The van der Waals surface area contributed by atoms with Crippen molar-refractivity contribution in [1.29, 1.82) is 0 Å². The SMILES string of the molecule is COCCOCCOCCOCCOCCOc1cc(C2(c3ccc(C)c(COCCOCCOCCOCCOCCO)c3)c3cc(C)ccc3-c3ccc(C)cc32)ccc1N(C)C. The summed E-state index contributed by atoms with van der Waals surface area (Å²) in [5.74, 6) is 0.792. The van der Waals surface area contributed by atoms with E-state index in [0.717, 1.165) is 28.1 Å². The summed E-state index contributed by atoms with van der Waals surface area (Å²) in [6.45, 7) is 16.0. The molecule has 4 aromatic rings. The summed E-state index contributed by atoms with van der Waals surface area (Å²) in [6.07, 6.45) is 0. The van der Waals surface area contributed by atoms with E-state index in [1.54, 1.807) is 7.11 Å². The lowest BCUT2D eigenvalue weighted by Gasteiger charge is -2.35. The average molecular weight is 904 g/mol. The zero-order valence-corrected chi connectivity index (χ0v) is 39.7. The molecule has 0 amide bonds. The van der Waals surface area contributed by atoms with Crippen molar-refractivity contribution >= 4 is 5.69 Å². The lowest BCUT2D eigenvalue weighted by atomic mass is 9.67. The van der Waals surface area contributed by atoms with E-state index in [2.05, 4.69) is 98.5 Å². The summed E-state index contributed by atoms with van der Waals surface area (Å²) in [7, 11) is 5.74. The van der Waals surface area contributed by atoms with Gasteiger partial charge in [0.2, 0.25) is 0 Å². The van der Waals surface area contributed by atoms with Crippen LogP contribution in [-0.2, 0) is 59.4 Å². The molecule has 65 heavy (non-hydrogen) atoms. The number of benzene rings is 4. The molecule has 0 atom stereocenters. The molecule has 1 N–H and O–H groups in total. The number of aryl methyl sites for hydroxylation is 3. The third-order valence-corrected chi connectivity index (χ3v) is 11.1. The Kier molecular flexibility index (Phi) is 23.2. The third-order valence-electron chi connectivity index (χ3n) is 11.1. The third kappa shape index (κ3) is 15.6. The van der Waals surface area contributed by atoms with Crippen LogP contribution in [0.4, 0.5) is 5.69 Å². The molecule has 358 valence electrons. The number of hydrogen-bond donors (Lipinski definition) is 1. The van der Waals surface area contributed by atoms with Gasteiger partial charge < -0.3 is 62.1 Å². The van der Waals surface area contributed by atoms with Gasteiger partial charge in [0.25, 0.3) is 0 Å². The minimum atomic E-state index is -0.634. The van der Waals surface area contributed by atoms with Gasteiger partial charge in [0.15, 0.2) is 0 Å². The van der Waals surface area contributed by atoms with E-state index in [-0.39, 0.29) is 6.61 Å². The van der Waals surface area contributed by atoms with Gasteiger partial charge in [0.05, 0.1) is 143 Å². The minimum absolute atomic E-state index is 0.0140. The standard InChI is InChI=1S/C52H73NO12/c1-40-7-12-46-47-13-8-41(2)36-49(47)52(48(46)35-40,44-10-9-42(3)43(37-44)39-64-32-31-62-28-27-60-24-23-58-20-19-56-16-15-54)45-11-14-50(53(4)5)51(38-45)65-34-33-63-30-29-61-26-25-59-22-21-57-18-17-55-6/h7-14,35-38,54H,15-34,39H2,1-6H3. The van der Waals surface area contributed by atoms with Crippen LogP contribution in [0, 0.1) is 20.8 Å². The van der Waals surface area contributed by atoms with Crippen molar-refractivity contribution in [2.24, 2.45) is 0 Å². The highest BCUT2D eigenvalue weighted by atomic mass is 16.6. The van der Waals surface area contributed by atoms with Gasteiger partial charge in [-0.1, -0.05) is 71.8 Å². The van der Waals surface area contributed by atoms with Crippen molar-refractivity contribution in [3.63, 3.8) is 0 Å². The lowest BCUT2D eigenvalue weighted by Crippen LogP contribution is -2.29. The number of fused-ring (bicyclic) bond motifs is 3. The van der Waals surface area contributed by atoms with Crippen LogP contribution in [0.2, 0.25) is 0 Å². The highest BCUT2D eigenvalue weighted by Gasteiger charge is 2.47. The second-order valence-corrected chi connectivity index (χ2v) is 16.1. The molecule has 0 unspecified atom stereocenters. The molecular weight excluding hydrogens is 831 g/mol. The largest absolute Gasteiger partial charge is 0.489 e. The van der Waals surface area contributed by atoms with Crippen molar-refractivity contribution in [3.05, 3.63) is 117 Å². The maximum absolute atomic E-state index is 8.76. The quantitative estimate of drug-likeness (QED) is 0.0434. The molecule has 13 nitrogen and oxygen atoms in total. The molecule has 0 radical (unpaired) electrons. The molecule has 0 fully saturated rings. The second kappa shape index (κ2) is 28.9. The Morgan fingerprint density at radius 3 is 1.37 bits per heavy atom. The van der Waals surface area contributed by atoms with E-state index in [0.29, 0.717) is 132 Å². The molecule has 13 heteroatoms. The minimum Gasteiger partial charge on any atom is -0.489 e. The predicted octanol–water partition coefficient (Wildman–Crippen LogP) is 6.71. The van der Waals surface area contributed by atoms with Crippen LogP contribution >= 0.6 is 0 Å². The first-order valence-electron chi connectivity index (χ1n) is 22.9. The predicted molar refractivity (Wildman–Crippen MR) is 253 cm³/mol. The molecule has 0 spiro atoms. The zero-order valence-electron chi connectivity index (χ0n) is 39.7. The molecule has 0 aliphatic heterocycles. The van der Waals surface area contributed by atoms with Gasteiger partial charge in [0.1, 0.15) is 12.4 Å². The maximum Gasteiger partial charge on any atom is 0.143 e. The van der Waals surface area contributed by atoms with E-state index in [4.69, 9.17) is 57.2 Å². The molecule has 0 saturated carbocycles. The molecule has 1 aliphatic carbocycles. The Morgan fingerprint density at radius 1 is 0.462 bits per heavy atom. The Balaban J connectivity index is 1.25. The number of ether oxygens (including phenoxy) is 11. The van der Waals surface area contributed by atoms with E-state index < -0.39 is 5.41 Å². The molecule has 4 aromatic carbocycles. The summed E-state index contributed by atoms with van der Waals surface area (Å²) in [4.78, 5) is 2.09. The van der Waals surface area contributed by atoms with Gasteiger partial charge in [-0.15, -0.1) is 0 Å². The number of aliphatic hydroxyl groups excluding tert-OH is 1. The second-order valence-electron chi connectivity index (χ2n) is 16.1. The molecule has 0 saturated heterocycles. The van der Waals surface area contributed by atoms with E-state index in [9.17, 15) is 0 Å². The number of methoxy groups -OCH3 is 1. The first-order chi connectivity index (χ1) is 31.8. The maximum atomic E-state index is 8.76. The van der Waals surface area contributed by atoms with Crippen LogP contribution in [0.15, 0.2) is 72.8 Å². The van der Waals surface area contributed by atoms with E-state index in [1.165, 1.54) is 38.9 Å². The number of anilines is 1. The summed E-state index contributed by atoms with van der Waals surface area (Å²) in [6, 6.07) is 27.2. The van der Waals surface area contributed by atoms with E-state index >= 15 is 0 Å². The first-order valence-corrected chi connectivity index (χ1v) is 22.9. The van der Waals surface area contributed by atoms with Crippen molar-refractivity contribution in [3.8, 4) is 16.9 Å². The van der Waals surface area contributed by atoms with Gasteiger partial charge in [-0.3, -0.25) is 0 Å². The Labute approximate surface area is 387 Å². The van der Waals surface area contributed by atoms with Gasteiger partial charge >= 0.3 is 0 Å². The van der Waals surface area contributed by atoms with Crippen LogP contribution in [0.25, 0.3) is 11.1 Å². The van der Waals surface area contributed by atoms with E-state index in [1.807, 2.05) is 14.1 Å². The Bertz CT molecular complexity index is 1920.